The molecule has 0 aliphatic rings. The summed E-state index contributed by atoms with van der Waals surface area (Å²) in [5.41, 5.74) is 4.22. The van der Waals surface area contributed by atoms with Crippen molar-refractivity contribution in [2.45, 2.75) is 68.4 Å². The molecule has 1 atom stereocenters. The maximum absolute atomic E-state index is 12.3. The molecule has 3 aromatic rings. The minimum atomic E-state index is 0.126. The second kappa shape index (κ2) is 11.5. The summed E-state index contributed by atoms with van der Waals surface area (Å²) in [7, 11) is 0. The fraction of sp³-hybridized carbons (Fsp3) is 0.406. The van der Waals surface area contributed by atoms with E-state index in [1.807, 2.05) is 60.7 Å². The summed E-state index contributed by atoms with van der Waals surface area (Å²) in [6, 6.07) is 15.6. The highest BCUT2D eigenvalue weighted by molar-refractivity contribution is 5.93. The van der Waals surface area contributed by atoms with Crippen molar-refractivity contribution in [1.29, 1.82) is 0 Å². The molecule has 1 unspecified atom stereocenters. The third-order valence-electron chi connectivity index (χ3n) is 6.22. The number of nitrogens with zero attached hydrogens (tertiary/aromatic N) is 1. The SMILES string of the molecule is C=C/C=C\C(=C/C)C(CC(C)(C)C)C(C)(C)C.CCn1c2ccccc2c(=O)c2ccccc21. The van der Waals surface area contributed by atoms with Gasteiger partial charge in [0.2, 0.25) is 0 Å². The van der Waals surface area contributed by atoms with Gasteiger partial charge < -0.3 is 4.57 Å². The first-order valence-corrected chi connectivity index (χ1v) is 12.4. The van der Waals surface area contributed by atoms with Crippen LogP contribution in [0.1, 0.15) is 61.8 Å². The van der Waals surface area contributed by atoms with Crippen molar-refractivity contribution in [2.75, 3.05) is 0 Å². The summed E-state index contributed by atoms with van der Waals surface area (Å²) < 4.78 is 2.19. The number of fused-ring (bicyclic) bond motifs is 2. The molecule has 0 spiro atoms. The molecule has 2 heteroatoms. The molecule has 0 amide bonds. The molecule has 1 aromatic heterocycles. The second-order valence-electron chi connectivity index (χ2n) is 11.2. The number of aryl methyl sites for hydroxylation is 1. The Bertz CT molecular complexity index is 1170. The van der Waals surface area contributed by atoms with Gasteiger partial charge in [-0.1, -0.05) is 96.7 Å². The van der Waals surface area contributed by atoms with Gasteiger partial charge in [0.15, 0.2) is 5.43 Å². The van der Waals surface area contributed by atoms with Gasteiger partial charge in [0.05, 0.1) is 11.0 Å². The molecule has 0 aliphatic carbocycles. The monoisotopic (exact) mass is 457 g/mol. The van der Waals surface area contributed by atoms with Gasteiger partial charge in [0.25, 0.3) is 0 Å². The van der Waals surface area contributed by atoms with Gasteiger partial charge in [-0.05, 0) is 66.9 Å². The van der Waals surface area contributed by atoms with E-state index in [0.29, 0.717) is 16.7 Å². The Labute approximate surface area is 206 Å². The van der Waals surface area contributed by atoms with Crippen LogP contribution in [0.15, 0.2) is 89.8 Å². The molecular formula is C32H43NO. The molecular weight excluding hydrogens is 414 g/mol. The first-order valence-electron chi connectivity index (χ1n) is 12.4. The molecule has 34 heavy (non-hydrogen) atoms. The van der Waals surface area contributed by atoms with E-state index < -0.39 is 0 Å². The molecule has 0 aliphatic heterocycles. The van der Waals surface area contributed by atoms with Gasteiger partial charge in [-0.15, -0.1) is 0 Å². The number of hydrogen-bond donors (Lipinski definition) is 0. The van der Waals surface area contributed by atoms with E-state index >= 15 is 0 Å². The summed E-state index contributed by atoms with van der Waals surface area (Å²) in [6.07, 6.45) is 9.53. The zero-order chi connectivity index (χ0) is 25.5. The van der Waals surface area contributed by atoms with Crippen molar-refractivity contribution >= 4 is 21.8 Å². The third kappa shape index (κ3) is 6.82. The Balaban J connectivity index is 0.000000240. The quantitative estimate of drug-likeness (QED) is 0.277. The number of para-hydroxylation sites is 2. The summed E-state index contributed by atoms with van der Waals surface area (Å²) >= 11 is 0. The lowest BCUT2D eigenvalue weighted by atomic mass is 9.68. The average molecular weight is 458 g/mol. The van der Waals surface area contributed by atoms with E-state index in [4.69, 9.17) is 0 Å². The third-order valence-corrected chi connectivity index (χ3v) is 6.22. The summed E-state index contributed by atoms with van der Waals surface area (Å²) in [6.45, 7) is 22.8. The van der Waals surface area contributed by atoms with E-state index in [1.54, 1.807) is 0 Å². The lowest BCUT2D eigenvalue weighted by Gasteiger charge is -2.36. The van der Waals surface area contributed by atoms with Gasteiger partial charge in [0.1, 0.15) is 0 Å². The van der Waals surface area contributed by atoms with Crippen LogP contribution in [0.25, 0.3) is 21.8 Å². The van der Waals surface area contributed by atoms with Gasteiger partial charge in [-0.2, -0.15) is 0 Å². The number of allylic oxidation sites excluding steroid dienone is 5. The smallest absolute Gasteiger partial charge is 0.197 e. The molecule has 0 bridgehead atoms. The normalized spacial score (nSPS) is 13.7. The summed E-state index contributed by atoms with van der Waals surface area (Å²) in [5.74, 6) is 0.587. The van der Waals surface area contributed by atoms with Crippen molar-refractivity contribution in [2.24, 2.45) is 16.7 Å². The first kappa shape index (κ1) is 27.4. The molecule has 2 aromatic carbocycles. The van der Waals surface area contributed by atoms with Gasteiger partial charge in [-0.3, -0.25) is 4.79 Å². The van der Waals surface area contributed by atoms with Crippen LogP contribution in [0.2, 0.25) is 0 Å². The van der Waals surface area contributed by atoms with Crippen LogP contribution in [0.5, 0.6) is 0 Å². The average Bonchev–Trinajstić information content (AvgIpc) is 2.78. The van der Waals surface area contributed by atoms with E-state index in [9.17, 15) is 4.79 Å². The molecule has 182 valence electrons. The Morgan fingerprint density at radius 1 is 0.941 bits per heavy atom. The van der Waals surface area contributed by atoms with Crippen LogP contribution in [-0.4, -0.2) is 4.57 Å². The van der Waals surface area contributed by atoms with Crippen molar-refractivity contribution in [3.63, 3.8) is 0 Å². The first-order chi connectivity index (χ1) is 15.9. The number of hydrogen-bond acceptors (Lipinski definition) is 1. The Kier molecular flexibility index (Phi) is 9.27. The highest BCUT2D eigenvalue weighted by atomic mass is 16.1. The lowest BCUT2D eigenvalue weighted by molar-refractivity contribution is 0.199. The van der Waals surface area contributed by atoms with E-state index in [1.165, 1.54) is 12.0 Å². The minimum Gasteiger partial charge on any atom is -0.341 e. The molecule has 2 nitrogen and oxygen atoms in total. The molecule has 0 saturated carbocycles. The van der Waals surface area contributed by atoms with E-state index in [2.05, 4.69) is 78.7 Å². The van der Waals surface area contributed by atoms with Crippen molar-refractivity contribution < 1.29 is 0 Å². The van der Waals surface area contributed by atoms with Crippen LogP contribution in [0, 0.1) is 16.7 Å². The Morgan fingerprint density at radius 3 is 1.82 bits per heavy atom. The molecule has 3 rings (SSSR count). The number of pyridine rings is 1. The van der Waals surface area contributed by atoms with Gasteiger partial charge in [-0.25, -0.2) is 0 Å². The van der Waals surface area contributed by atoms with Crippen LogP contribution in [-0.2, 0) is 6.54 Å². The zero-order valence-corrected chi connectivity index (χ0v) is 22.5. The number of aromatic nitrogens is 1. The van der Waals surface area contributed by atoms with Gasteiger partial charge in [0, 0.05) is 17.3 Å². The number of rotatable bonds is 5. The molecule has 1 heterocycles. The Morgan fingerprint density at radius 2 is 1.44 bits per heavy atom. The molecule has 0 saturated heterocycles. The maximum atomic E-state index is 12.3. The van der Waals surface area contributed by atoms with E-state index in [-0.39, 0.29) is 5.43 Å². The lowest BCUT2D eigenvalue weighted by Crippen LogP contribution is -2.26. The van der Waals surface area contributed by atoms with Crippen LogP contribution < -0.4 is 5.43 Å². The predicted molar refractivity (Wildman–Crippen MR) is 151 cm³/mol. The standard InChI is InChI=1S/C17H30.C15H13NO/c1-9-11-12-14(10-2)15(17(6,7)8)13-16(3,4)5;1-2-16-13-9-5-3-7-11(13)15(17)12-8-4-6-10-14(12)16/h9-12,15H,1,13H2,2-8H3;3-10H,2H2,1H3/b12-11-,14-10+;. The van der Waals surface area contributed by atoms with Crippen LogP contribution >= 0.6 is 0 Å². The molecule has 0 radical (unpaired) electrons. The maximum Gasteiger partial charge on any atom is 0.197 e. The topological polar surface area (TPSA) is 22.0 Å². The van der Waals surface area contributed by atoms with Crippen molar-refractivity contribution in [1.82, 2.24) is 4.57 Å². The summed E-state index contributed by atoms with van der Waals surface area (Å²) in [4.78, 5) is 12.3. The highest BCUT2D eigenvalue weighted by Crippen LogP contribution is 2.40. The minimum absolute atomic E-state index is 0.126. The van der Waals surface area contributed by atoms with E-state index in [0.717, 1.165) is 28.4 Å². The number of benzene rings is 2. The summed E-state index contributed by atoms with van der Waals surface area (Å²) in [5, 5.41) is 1.60. The zero-order valence-electron chi connectivity index (χ0n) is 22.5. The van der Waals surface area contributed by atoms with Crippen molar-refractivity contribution in [3.8, 4) is 0 Å². The second-order valence-corrected chi connectivity index (χ2v) is 11.2. The van der Waals surface area contributed by atoms with Crippen LogP contribution in [0.3, 0.4) is 0 Å². The van der Waals surface area contributed by atoms with Crippen LogP contribution in [0.4, 0.5) is 0 Å². The predicted octanol–water partition coefficient (Wildman–Crippen LogP) is 8.95. The highest BCUT2D eigenvalue weighted by Gasteiger charge is 2.30. The largest absolute Gasteiger partial charge is 0.341 e. The molecule has 0 N–H and O–H groups in total. The van der Waals surface area contributed by atoms with Gasteiger partial charge >= 0.3 is 0 Å². The fourth-order valence-electron chi connectivity index (χ4n) is 4.55. The Hall–Kier alpha value is -2.87. The molecule has 0 fully saturated rings. The van der Waals surface area contributed by atoms with Crippen molar-refractivity contribution in [3.05, 3.63) is 95.2 Å². The fourth-order valence-corrected chi connectivity index (χ4v) is 4.55.